The number of hydrogen-bond donors (Lipinski definition) is 1. The molecule has 0 saturated heterocycles. The SMILES string of the molecule is CCOC(=O)C(CC)Oc1cccc(C)c1N. The maximum atomic E-state index is 11.6. The quantitative estimate of drug-likeness (QED) is 0.630. The number of rotatable bonds is 5. The number of nitrogens with two attached hydrogens (primary N) is 1. The van der Waals surface area contributed by atoms with Crippen LogP contribution in [-0.4, -0.2) is 18.7 Å². The molecule has 0 amide bonds. The van der Waals surface area contributed by atoms with E-state index in [1.807, 2.05) is 26.0 Å². The third-order valence-corrected chi connectivity index (χ3v) is 2.47. The van der Waals surface area contributed by atoms with Crippen LogP contribution in [0.4, 0.5) is 5.69 Å². The molecule has 1 aromatic carbocycles. The second-order valence-corrected chi connectivity index (χ2v) is 3.75. The Hall–Kier alpha value is -1.71. The minimum Gasteiger partial charge on any atom is -0.477 e. The molecule has 0 saturated carbocycles. The van der Waals surface area contributed by atoms with Gasteiger partial charge in [0, 0.05) is 0 Å². The van der Waals surface area contributed by atoms with Crippen molar-refractivity contribution in [2.45, 2.75) is 33.3 Å². The predicted molar refractivity (Wildman–Crippen MR) is 66.9 cm³/mol. The first-order chi connectivity index (χ1) is 8.10. The topological polar surface area (TPSA) is 61.5 Å². The Bertz CT molecular complexity index is 390. The number of ether oxygens (including phenoxy) is 2. The predicted octanol–water partition coefficient (Wildman–Crippen LogP) is 2.30. The standard InChI is InChI=1S/C13H19NO3/c1-4-10(13(15)16-5-2)17-11-8-6-7-9(3)12(11)14/h6-8,10H,4-5,14H2,1-3H3. The van der Waals surface area contributed by atoms with Gasteiger partial charge in [0.05, 0.1) is 12.3 Å². The molecular weight excluding hydrogens is 218 g/mol. The number of carbonyl (C=O) groups is 1. The Kier molecular flexibility index (Phi) is 4.82. The summed E-state index contributed by atoms with van der Waals surface area (Å²) < 4.78 is 10.5. The summed E-state index contributed by atoms with van der Waals surface area (Å²) in [6.45, 7) is 5.88. The zero-order chi connectivity index (χ0) is 12.8. The zero-order valence-electron chi connectivity index (χ0n) is 10.5. The van der Waals surface area contributed by atoms with Crippen LogP contribution < -0.4 is 10.5 Å². The number of nitrogen functional groups attached to an aromatic ring is 1. The van der Waals surface area contributed by atoms with Crippen molar-refractivity contribution in [1.29, 1.82) is 0 Å². The molecule has 0 heterocycles. The molecule has 17 heavy (non-hydrogen) atoms. The van der Waals surface area contributed by atoms with Gasteiger partial charge in [-0.15, -0.1) is 0 Å². The number of hydrogen-bond acceptors (Lipinski definition) is 4. The van der Waals surface area contributed by atoms with Gasteiger partial charge in [0.2, 0.25) is 0 Å². The first-order valence-electron chi connectivity index (χ1n) is 5.78. The number of benzene rings is 1. The highest BCUT2D eigenvalue weighted by Gasteiger charge is 2.20. The monoisotopic (exact) mass is 237 g/mol. The normalized spacial score (nSPS) is 11.9. The summed E-state index contributed by atoms with van der Waals surface area (Å²) >= 11 is 0. The Morgan fingerprint density at radius 2 is 2.12 bits per heavy atom. The fourth-order valence-corrected chi connectivity index (χ4v) is 1.44. The lowest BCUT2D eigenvalue weighted by Gasteiger charge is -2.17. The van der Waals surface area contributed by atoms with Crippen molar-refractivity contribution < 1.29 is 14.3 Å². The molecule has 0 fully saturated rings. The minimum atomic E-state index is -0.598. The van der Waals surface area contributed by atoms with Gasteiger partial charge >= 0.3 is 5.97 Å². The van der Waals surface area contributed by atoms with E-state index in [9.17, 15) is 4.79 Å². The van der Waals surface area contributed by atoms with Crippen LogP contribution in [0.5, 0.6) is 5.75 Å². The summed E-state index contributed by atoms with van der Waals surface area (Å²) in [7, 11) is 0. The van der Waals surface area contributed by atoms with Gasteiger partial charge < -0.3 is 15.2 Å². The van der Waals surface area contributed by atoms with Gasteiger partial charge in [-0.05, 0) is 31.9 Å². The van der Waals surface area contributed by atoms with Crippen LogP contribution in [-0.2, 0) is 9.53 Å². The number of aryl methyl sites for hydroxylation is 1. The van der Waals surface area contributed by atoms with Gasteiger partial charge in [-0.1, -0.05) is 19.1 Å². The first kappa shape index (κ1) is 13.4. The fourth-order valence-electron chi connectivity index (χ4n) is 1.44. The minimum absolute atomic E-state index is 0.349. The summed E-state index contributed by atoms with van der Waals surface area (Å²) in [6.07, 6.45) is -0.0503. The van der Waals surface area contributed by atoms with Crippen molar-refractivity contribution in [3.8, 4) is 5.75 Å². The Morgan fingerprint density at radius 3 is 2.71 bits per heavy atom. The molecule has 0 spiro atoms. The van der Waals surface area contributed by atoms with E-state index in [1.54, 1.807) is 13.0 Å². The van der Waals surface area contributed by atoms with E-state index in [2.05, 4.69) is 0 Å². The third-order valence-electron chi connectivity index (χ3n) is 2.47. The second kappa shape index (κ2) is 6.13. The van der Waals surface area contributed by atoms with E-state index >= 15 is 0 Å². The van der Waals surface area contributed by atoms with Crippen LogP contribution in [0.2, 0.25) is 0 Å². The summed E-state index contributed by atoms with van der Waals surface area (Å²) in [5, 5.41) is 0. The molecule has 1 unspecified atom stereocenters. The van der Waals surface area contributed by atoms with E-state index < -0.39 is 6.10 Å². The number of anilines is 1. The van der Waals surface area contributed by atoms with Crippen molar-refractivity contribution in [2.24, 2.45) is 0 Å². The van der Waals surface area contributed by atoms with Gasteiger partial charge in [-0.2, -0.15) is 0 Å². The molecule has 1 atom stereocenters. The van der Waals surface area contributed by atoms with Gasteiger partial charge in [-0.3, -0.25) is 0 Å². The van der Waals surface area contributed by atoms with Crippen molar-refractivity contribution >= 4 is 11.7 Å². The van der Waals surface area contributed by atoms with Crippen molar-refractivity contribution in [1.82, 2.24) is 0 Å². The second-order valence-electron chi connectivity index (χ2n) is 3.75. The van der Waals surface area contributed by atoms with Gasteiger partial charge in [0.15, 0.2) is 6.10 Å². The van der Waals surface area contributed by atoms with E-state index in [0.717, 1.165) is 5.56 Å². The lowest BCUT2D eigenvalue weighted by molar-refractivity contribution is -0.151. The van der Waals surface area contributed by atoms with Gasteiger partial charge in [-0.25, -0.2) is 4.79 Å². The molecule has 94 valence electrons. The Morgan fingerprint density at radius 1 is 1.41 bits per heavy atom. The van der Waals surface area contributed by atoms with Crippen molar-refractivity contribution in [3.63, 3.8) is 0 Å². The van der Waals surface area contributed by atoms with Crippen LogP contribution in [0, 0.1) is 6.92 Å². The largest absolute Gasteiger partial charge is 0.477 e. The average molecular weight is 237 g/mol. The maximum Gasteiger partial charge on any atom is 0.347 e. The first-order valence-corrected chi connectivity index (χ1v) is 5.78. The Balaban J connectivity index is 2.80. The molecule has 0 aliphatic carbocycles. The lowest BCUT2D eigenvalue weighted by Crippen LogP contribution is -2.29. The summed E-state index contributed by atoms with van der Waals surface area (Å²) in [5.74, 6) is 0.181. The Labute approximate surface area is 102 Å². The maximum absolute atomic E-state index is 11.6. The molecule has 1 rings (SSSR count). The molecule has 1 aromatic rings. The van der Waals surface area contributed by atoms with Crippen molar-refractivity contribution in [3.05, 3.63) is 23.8 Å². The van der Waals surface area contributed by atoms with Crippen LogP contribution in [0.3, 0.4) is 0 Å². The average Bonchev–Trinajstić information content (AvgIpc) is 2.31. The molecule has 0 aromatic heterocycles. The van der Waals surface area contributed by atoms with Crippen LogP contribution in [0.25, 0.3) is 0 Å². The summed E-state index contributed by atoms with van der Waals surface area (Å²) in [6, 6.07) is 5.50. The fraction of sp³-hybridized carbons (Fsp3) is 0.462. The van der Waals surface area contributed by atoms with Crippen LogP contribution in [0.1, 0.15) is 25.8 Å². The number of esters is 1. The summed E-state index contributed by atoms with van der Waals surface area (Å²) in [5.41, 5.74) is 7.38. The highest BCUT2D eigenvalue weighted by molar-refractivity contribution is 5.75. The molecule has 4 nitrogen and oxygen atoms in total. The smallest absolute Gasteiger partial charge is 0.347 e. The molecule has 4 heteroatoms. The highest BCUT2D eigenvalue weighted by Crippen LogP contribution is 2.26. The number of carbonyl (C=O) groups excluding carboxylic acids is 1. The zero-order valence-corrected chi connectivity index (χ0v) is 10.5. The molecular formula is C13H19NO3. The highest BCUT2D eigenvalue weighted by atomic mass is 16.6. The lowest BCUT2D eigenvalue weighted by atomic mass is 10.2. The van der Waals surface area contributed by atoms with Crippen molar-refractivity contribution in [2.75, 3.05) is 12.3 Å². The van der Waals surface area contributed by atoms with Crippen LogP contribution in [0.15, 0.2) is 18.2 Å². The van der Waals surface area contributed by atoms with Gasteiger partial charge in [0.1, 0.15) is 5.75 Å². The van der Waals surface area contributed by atoms with E-state index in [4.69, 9.17) is 15.2 Å². The summed E-state index contributed by atoms with van der Waals surface area (Å²) in [4.78, 5) is 11.6. The van der Waals surface area contributed by atoms with Gasteiger partial charge in [0.25, 0.3) is 0 Å². The van der Waals surface area contributed by atoms with E-state index in [0.29, 0.717) is 24.5 Å². The third kappa shape index (κ3) is 3.37. The van der Waals surface area contributed by atoms with E-state index in [1.165, 1.54) is 0 Å². The molecule has 0 aliphatic heterocycles. The molecule has 0 radical (unpaired) electrons. The van der Waals surface area contributed by atoms with E-state index in [-0.39, 0.29) is 5.97 Å². The molecule has 0 aliphatic rings. The van der Waals surface area contributed by atoms with Crippen LogP contribution >= 0.6 is 0 Å². The molecule has 0 bridgehead atoms. The number of para-hydroxylation sites is 1. The molecule has 2 N–H and O–H groups in total.